The molecule has 1 atom stereocenters. The maximum absolute atomic E-state index is 12.8. The highest BCUT2D eigenvalue weighted by atomic mass is 19.1. The van der Waals surface area contributed by atoms with Gasteiger partial charge in [0.1, 0.15) is 11.6 Å². The third kappa shape index (κ3) is 5.37. The largest absolute Gasteiger partial charge is 0.493 e. The lowest BCUT2D eigenvalue weighted by Crippen LogP contribution is -2.14. The topological polar surface area (TPSA) is 35.2 Å². The number of nitrogens with two attached hydrogens (primary N) is 1. The Morgan fingerprint density at radius 3 is 2.87 bits per heavy atom. The number of halogens is 1. The molecule has 0 fully saturated rings. The van der Waals surface area contributed by atoms with Crippen molar-refractivity contribution < 1.29 is 9.13 Å². The highest BCUT2D eigenvalue weighted by Gasteiger charge is 1.97. The van der Waals surface area contributed by atoms with Crippen LogP contribution < -0.4 is 10.5 Å². The summed E-state index contributed by atoms with van der Waals surface area (Å²) in [7, 11) is 0. The first-order valence-corrected chi connectivity index (χ1v) is 5.32. The van der Waals surface area contributed by atoms with Gasteiger partial charge in [-0.2, -0.15) is 0 Å². The quantitative estimate of drug-likeness (QED) is 0.734. The summed E-state index contributed by atoms with van der Waals surface area (Å²) in [6.07, 6.45) is 3.01. The minimum Gasteiger partial charge on any atom is -0.493 e. The summed E-state index contributed by atoms with van der Waals surface area (Å²) in [6, 6.07) is 6.45. The summed E-state index contributed by atoms with van der Waals surface area (Å²) >= 11 is 0. The molecule has 0 bridgehead atoms. The van der Waals surface area contributed by atoms with E-state index in [9.17, 15) is 4.39 Å². The normalized spacial score (nSPS) is 12.5. The molecule has 0 aliphatic carbocycles. The molecule has 2 N–H and O–H groups in total. The summed E-state index contributed by atoms with van der Waals surface area (Å²) in [5.41, 5.74) is 5.62. The van der Waals surface area contributed by atoms with Gasteiger partial charge in [-0.15, -0.1) is 0 Å². The van der Waals surface area contributed by atoms with Crippen LogP contribution in [0.5, 0.6) is 5.75 Å². The Morgan fingerprint density at radius 1 is 1.40 bits per heavy atom. The Hall–Kier alpha value is -1.09. The average molecular weight is 211 g/mol. The minimum absolute atomic E-state index is 0.249. The van der Waals surface area contributed by atoms with Crippen LogP contribution in [0, 0.1) is 5.82 Å². The van der Waals surface area contributed by atoms with E-state index >= 15 is 0 Å². The fourth-order valence-electron chi connectivity index (χ4n) is 1.32. The van der Waals surface area contributed by atoms with Gasteiger partial charge >= 0.3 is 0 Å². The monoisotopic (exact) mass is 211 g/mol. The summed E-state index contributed by atoms with van der Waals surface area (Å²) in [5.74, 6) is 0.332. The van der Waals surface area contributed by atoms with Crippen LogP contribution in [0.3, 0.4) is 0 Å². The summed E-state index contributed by atoms with van der Waals surface area (Å²) < 4.78 is 18.1. The van der Waals surface area contributed by atoms with Gasteiger partial charge in [0.2, 0.25) is 0 Å². The smallest absolute Gasteiger partial charge is 0.126 e. The third-order valence-corrected chi connectivity index (χ3v) is 2.12. The number of ether oxygens (including phenoxy) is 1. The molecule has 15 heavy (non-hydrogen) atoms. The molecule has 1 aromatic carbocycles. The van der Waals surface area contributed by atoms with Crippen LogP contribution in [0.2, 0.25) is 0 Å². The van der Waals surface area contributed by atoms with Crippen LogP contribution >= 0.6 is 0 Å². The van der Waals surface area contributed by atoms with E-state index in [-0.39, 0.29) is 11.9 Å². The van der Waals surface area contributed by atoms with Crippen molar-refractivity contribution >= 4 is 0 Å². The molecule has 0 radical (unpaired) electrons. The Bertz CT molecular complexity index is 289. The summed E-state index contributed by atoms with van der Waals surface area (Å²) in [5, 5.41) is 0. The van der Waals surface area contributed by atoms with Crippen LogP contribution in [0.25, 0.3) is 0 Å². The lowest BCUT2D eigenvalue weighted by atomic mass is 10.1. The van der Waals surface area contributed by atoms with Crippen molar-refractivity contribution in [2.75, 3.05) is 6.61 Å². The molecule has 0 heterocycles. The van der Waals surface area contributed by atoms with Gasteiger partial charge in [-0.3, -0.25) is 0 Å². The van der Waals surface area contributed by atoms with E-state index in [1.807, 2.05) is 6.92 Å². The van der Waals surface area contributed by atoms with Crippen molar-refractivity contribution in [3.63, 3.8) is 0 Å². The zero-order valence-corrected chi connectivity index (χ0v) is 9.08. The van der Waals surface area contributed by atoms with Gasteiger partial charge in [0.05, 0.1) is 6.61 Å². The van der Waals surface area contributed by atoms with E-state index < -0.39 is 0 Å². The predicted molar refractivity (Wildman–Crippen MR) is 59.4 cm³/mol. The van der Waals surface area contributed by atoms with Crippen molar-refractivity contribution in [2.45, 2.75) is 32.2 Å². The van der Waals surface area contributed by atoms with Crippen LogP contribution in [-0.4, -0.2) is 12.6 Å². The number of unbranched alkanes of at least 4 members (excludes halogenated alkanes) is 1. The zero-order chi connectivity index (χ0) is 11.1. The maximum atomic E-state index is 12.8. The van der Waals surface area contributed by atoms with Gasteiger partial charge in [-0.05, 0) is 38.3 Å². The number of hydrogen-bond donors (Lipinski definition) is 1. The second kappa shape index (κ2) is 6.40. The van der Waals surface area contributed by atoms with E-state index in [0.717, 1.165) is 19.3 Å². The van der Waals surface area contributed by atoms with Crippen molar-refractivity contribution in [3.05, 3.63) is 30.1 Å². The Morgan fingerprint density at radius 2 is 2.20 bits per heavy atom. The van der Waals surface area contributed by atoms with Crippen molar-refractivity contribution in [3.8, 4) is 5.75 Å². The number of rotatable bonds is 6. The van der Waals surface area contributed by atoms with Gasteiger partial charge in [-0.1, -0.05) is 6.07 Å². The summed E-state index contributed by atoms with van der Waals surface area (Å²) in [6.45, 7) is 2.61. The van der Waals surface area contributed by atoms with Crippen LogP contribution in [0.4, 0.5) is 4.39 Å². The van der Waals surface area contributed by atoms with E-state index in [1.165, 1.54) is 12.1 Å². The highest BCUT2D eigenvalue weighted by Crippen LogP contribution is 2.12. The van der Waals surface area contributed by atoms with Crippen molar-refractivity contribution in [1.82, 2.24) is 0 Å². The van der Waals surface area contributed by atoms with Crippen molar-refractivity contribution in [1.29, 1.82) is 0 Å². The SMILES string of the molecule is C[C@H](N)CCCCOc1cccc(F)c1. The molecule has 0 aromatic heterocycles. The molecule has 3 heteroatoms. The van der Waals surface area contributed by atoms with Gasteiger partial charge in [-0.25, -0.2) is 4.39 Å². The molecule has 0 amide bonds. The summed E-state index contributed by atoms with van der Waals surface area (Å²) in [4.78, 5) is 0. The number of benzene rings is 1. The van der Waals surface area contributed by atoms with Gasteiger partial charge in [0.15, 0.2) is 0 Å². The standard InChI is InChI=1S/C12H18FNO/c1-10(14)5-2-3-8-15-12-7-4-6-11(13)9-12/h4,6-7,9-10H,2-3,5,8,14H2,1H3/t10-/m0/s1. The molecule has 0 spiro atoms. The zero-order valence-electron chi connectivity index (χ0n) is 9.08. The van der Waals surface area contributed by atoms with Crippen molar-refractivity contribution in [2.24, 2.45) is 5.73 Å². The predicted octanol–water partition coefficient (Wildman–Crippen LogP) is 2.72. The molecular weight excluding hydrogens is 193 g/mol. The maximum Gasteiger partial charge on any atom is 0.126 e. The third-order valence-electron chi connectivity index (χ3n) is 2.12. The lowest BCUT2D eigenvalue weighted by molar-refractivity contribution is 0.302. The second-order valence-electron chi connectivity index (χ2n) is 3.78. The fraction of sp³-hybridized carbons (Fsp3) is 0.500. The average Bonchev–Trinajstić information content (AvgIpc) is 2.17. The minimum atomic E-state index is -0.261. The van der Waals surface area contributed by atoms with Crippen LogP contribution in [-0.2, 0) is 0 Å². The Labute approximate surface area is 90.2 Å². The van der Waals surface area contributed by atoms with Gasteiger partial charge in [0, 0.05) is 12.1 Å². The Kier molecular flexibility index (Phi) is 5.12. The molecule has 0 aliphatic rings. The molecule has 0 saturated heterocycles. The molecule has 1 aromatic rings. The first-order chi connectivity index (χ1) is 7.18. The molecule has 0 saturated carbocycles. The van der Waals surface area contributed by atoms with Gasteiger partial charge in [0.25, 0.3) is 0 Å². The van der Waals surface area contributed by atoms with Crippen LogP contribution in [0.15, 0.2) is 24.3 Å². The van der Waals surface area contributed by atoms with E-state index in [2.05, 4.69) is 0 Å². The fourth-order valence-corrected chi connectivity index (χ4v) is 1.32. The molecule has 84 valence electrons. The number of hydrogen-bond acceptors (Lipinski definition) is 2. The van der Waals surface area contributed by atoms with E-state index in [0.29, 0.717) is 12.4 Å². The van der Waals surface area contributed by atoms with Gasteiger partial charge < -0.3 is 10.5 Å². The Balaban J connectivity index is 2.15. The first kappa shape index (κ1) is 12.0. The molecule has 0 unspecified atom stereocenters. The lowest BCUT2D eigenvalue weighted by Gasteiger charge is -2.07. The molecular formula is C12H18FNO. The highest BCUT2D eigenvalue weighted by molar-refractivity contribution is 5.22. The molecule has 2 nitrogen and oxygen atoms in total. The van der Waals surface area contributed by atoms with E-state index in [4.69, 9.17) is 10.5 Å². The second-order valence-corrected chi connectivity index (χ2v) is 3.78. The molecule has 0 aliphatic heterocycles. The first-order valence-electron chi connectivity index (χ1n) is 5.32. The van der Waals surface area contributed by atoms with E-state index in [1.54, 1.807) is 12.1 Å². The molecule has 1 rings (SSSR count). The van der Waals surface area contributed by atoms with Crippen LogP contribution in [0.1, 0.15) is 26.2 Å².